The third kappa shape index (κ3) is 5.24. The van der Waals surface area contributed by atoms with Crippen LogP contribution in [0.3, 0.4) is 0 Å². The molecule has 0 saturated heterocycles. The summed E-state index contributed by atoms with van der Waals surface area (Å²) in [5, 5.41) is 3.41. The first-order valence-corrected chi connectivity index (χ1v) is 5.92. The fourth-order valence-electron chi connectivity index (χ4n) is 1.59. The number of nitrogens with one attached hydrogen (secondary N) is 1. The molecule has 0 aromatic carbocycles. The van der Waals surface area contributed by atoms with Crippen LogP contribution in [0.15, 0.2) is 18.2 Å². The van der Waals surface area contributed by atoms with Gasteiger partial charge >= 0.3 is 0 Å². The minimum absolute atomic E-state index is 0.561. The van der Waals surface area contributed by atoms with E-state index in [2.05, 4.69) is 48.2 Å². The van der Waals surface area contributed by atoms with Gasteiger partial charge in [-0.3, -0.25) is 9.88 Å². The first-order valence-electron chi connectivity index (χ1n) is 5.92. The molecule has 0 atom stereocenters. The second-order valence-corrected chi connectivity index (χ2v) is 4.62. The molecule has 1 aromatic rings. The Morgan fingerprint density at radius 1 is 1.38 bits per heavy atom. The standard InChI is InChI=1S/C13H23N3/c1-11(2)14-8-9-16(4)10-13-7-5-6-12(3)15-13/h5-7,11,14H,8-10H2,1-4H3. The third-order valence-electron chi connectivity index (χ3n) is 2.42. The van der Waals surface area contributed by atoms with E-state index in [1.54, 1.807) is 0 Å². The normalized spacial score (nSPS) is 11.4. The summed E-state index contributed by atoms with van der Waals surface area (Å²) in [6, 6.07) is 6.74. The van der Waals surface area contributed by atoms with Gasteiger partial charge in [0.25, 0.3) is 0 Å². The van der Waals surface area contributed by atoms with E-state index in [1.165, 1.54) is 0 Å². The highest BCUT2D eigenvalue weighted by Gasteiger charge is 2.01. The number of aryl methyl sites for hydroxylation is 1. The van der Waals surface area contributed by atoms with Crippen molar-refractivity contribution >= 4 is 0 Å². The topological polar surface area (TPSA) is 28.2 Å². The summed E-state index contributed by atoms with van der Waals surface area (Å²) in [6.45, 7) is 9.36. The van der Waals surface area contributed by atoms with Gasteiger partial charge < -0.3 is 5.32 Å². The molecule has 0 aliphatic heterocycles. The fraction of sp³-hybridized carbons (Fsp3) is 0.615. The molecule has 0 radical (unpaired) electrons. The lowest BCUT2D eigenvalue weighted by Gasteiger charge is -2.17. The Kier molecular flexibility index (Phi) is 5.43. The zero-order valence-electron chi connectivity index (χ0n) is 10.8. The largest absolute Gasteiger partial charge is 0.313 e. The van der Waals surface area contributed by atoms with Crippen molar-refractivity contribution in [2.24, 2.45) is 0 Å². The predicted molar refractivity (Wildman–Crippen MR) is 68.4 cm³/mol. The number of rotatable bonds is 6. The Labute approximate surface area is 98.9 Å². The quantitative estimate of drug-likeness (QED) is 0.794. The molecular weight excluding hydrogens is 198 g/mol. The zero-order chi connectivity index (χ0) is 12.0. The van der Waals surface area contributed by atoms with Gasteiger partial charge in [-0.2, -0.15) is 0 Å². The lowest BCUT2D eigenvalue weighted by atomic mass is 10.3. The van der Waals surface area contributed by atoms with Crippen molar-refractivity contribution in [1.29, 1.82) is 0 Å². The number of aromatic nitrogens is 1. The minimum Gasteiger partial charge on any atom is -0.313 e. The molecule has 1 N–H and O–H groups in total. The number of likely N-dealkylation sites (N-methyl/N-ethyl adjacent to an activating group) is 1. The van der Waals surface area contributed by atoms with Crippen molar-refractivity contribution in [3.8, 4) is 0 Å². The molecule has 0 bridgehead atoms. The van der Waals surface area contributed by atoms with Gasteiger partial charge in [-0.15, -0.1) is 0 Å². The number of pyridine rings is 1. The molecule has 0 amide bonds. The lowest BCUT2D eigenvalue weighted by molar-refractivity contribution is 0.316. The molecule has 3 heteroatoms. The average molecular weight is 221 g/mol. The van der Waals surface area contributed by atoms with Crippen LogP contribution >= 0.6 is 0 Å². The monoisotopic (exact) mass is 221 g/mol. The molecule has 1 aromatic heterocycles. The molecule has 0 aliphatic rings. The van der Waals surface area contributed by atoms with Crippen molar-refractivity contribution < 1.29 is 0 Å². The molecule has 3 nitrogen and oxygen atoms in total. The van der Waals surface area contributed by atoms with Gasteiger partial charge in [-0.25, -0.2) is 0 Å². The second kappa shape index (κ2) is 6.61. The van der Waals surface area contributed by atoms with E-state index >= 15 is 0 Å². The van der Waals surface area contributed by atoms with E-state index in [0.29, 0.717) is 6.04 Å². The van der Waals surface area contributed by atoms with Crippen LogP contribution in [-0.4, -0.2) is 36.1 Å². The van der Waals surface area contributed by atoms with E-state index in [-0.39, 0.29) is 0 Å². The van der Waals surface area contributed by atoms with Crippen LogP contribution in [0.1, 0.15) is 25.2 Å². The molecule has 0 unspecified atom stereocenters. The van der Waals surface area contributed by atoms with Crippen molar-refractivity contribution in [2.45, 2.75) is 33.4 Å². The maximum Gasteiger partial charge on any atom is 0.0547 e. The second-order valence-electron chi connectivity index (χ2n) is 4.62. The van der Waals surface area contributed by atoms with Crippen molar-refractivity contribution in [2.75, 3.05) is 20.1 Å². The van der Waals surface area contributed by atoms with E-state index in [1.807, 2.05) is 13.0 Å². The van der Waals surface area contributed by atoms with Crippen molar-refractivity contribution in [1.82, 2.24) is 15.2 Å². The van der Waals surface area contributed by atoms with Crippen LogP contribution in [0.4, 0.5) is 0 Å². The minimum atomic E-state index is 0.561. The fourth-order valence-corrected chi connectivity index (χ4v) is 1.59. The highest BCUT2D eigenvalue weighted by molar-refractivity contribution is 5.09. The highest BCUT2D eigenvalue weighted by atomic mass is 15.1. The van der Waals surface area contributed by atoms with Crippen LogP contribution in [0, 0.1) is 6.92 Å². The van der Waals surface area contributed by atoms with E-state index in [4.69, 9.17) is 0 Å². The summed E-state index contributed by atoms with van der Waals surface area (Å²) in [7, 11) is 2.13. The Morgan fingerprint density at radius 2 is 2.12 bits per heavy atom. The summed E-state index contributed by atoms with van der Waals surface area (Å²) < 4.78 is 0. The number of hydrogen-bond acceptors (Lipinski definition) is 3. The Hall–Kier alpha value is -0.930. The first kappa shape index (κ1) is 13.1. The van der Waals surface area contributed by atoms with Crippen LogP contribution in [0.2, 0.25) is 0 Å². The van der Waals surface area contributed by atoms with Gasteiger partial charge in [-0.1, -0.05) is 19.9 Å². The molecule has 0 saturated carbocycles. The Morgan fingerprint density at radius 3 is 2.75 bits per heavy atom. The summed E-state index contributed by atoms with van der Waals surface area (Å²) in [5.74, 6) is 0. The number of hydrogen-bond donors (Lipinski definition) is 1. The SMILES string of the molecule is Cc1cccc(CN(C)CCNC(C)C)n1. The van der Waals surface area contributed by atoms with Gasteiger partial charge in [-0.05, 0) is 26.1 Å². The van der Waals surface area contributed by atoms with Gasteiger partial charge in [0.2, 0.25) is 0 Å². The first-order chi connectivity index (χ1) is 7.58. The molecule has 16 heavy (non-hydrogen) atoms. The average Bonchev–Trinajstić information content (AvgIpc) is 2.16. The zero-order valence-corrected chi connectivity index (χ0v) is 10.8. The lowest BCUT2D eigenvalue weighted by Crippen LogP contribution is -2.32. The van der Waals surface area contributed by atoms with Crippen molar-refractivity contribution in [3.05, 3.63) is 29.6 Å². The van der Waals surface area contributed by atoms with Gasteiger partial charge in [0, 0.05) is 31.4 Å². The molecule has 90 valence electrons. The van der Waals surface area contributed by atoms with Gasteiger partial charge in [0.05, 0.1) is 5.69 Å². The third-order valence-corrected chi connectivity index (χ3v) is 2.42. The predicted octanol–water partition coefficient (Wildman–Crippen LogP) is 1.82. The van der Waals surface area contributed by atoms with Crippen LogP contribution in [0.5, 0.6) is 0 Å². The van der Waals surface area contributed by atoms with Crippen molar-refractivity contribution in [3.63, 3.8) is 0 Å². The van der Waals surface area contributed by atoms with Gasteiger partial charge in [0.1, 0.15) is 0 Å². The number of nitrogens with zero attached hydrogens (tertiary/aromatic N) is 2. The summed E-state index contributed by atoms with van der Waals surface area (Å²) >= 11 is 0. The molecule has 1 heterocycles. The molecular formula is C13H23N3. The molecule has 0 fully saturated rings. The van der Waals surface area contributed by atoms with E-state index in [9.17, 15) is 0 Å². The Bertz CT molecular complexity index is 310. The van der Waals surface area contributed by atoms with Crippen LogP contribution < -0.4 is 5.32 Å². The summed E-state index contributed by atoms with van der Waals surface area (Å²) in [4.78, 5) is 6.78. The van der Waals surface area contributed by atoms with Crippen LogP contribution in [-0.2, 0) is 6.54 Å². The van der Waals surface area contributed by atoms with E-state index < -0.39 is 0 Å². The summed E-state index contributed by atoms with van der Waals surface area (Å²) in [5.41, 5.74) is 2.23. The Balaban J connectivity index is 2.31. The molecule has 1 rings (SSSR count). The smallest absolute Gasteiger partial charge is 0.0547 e. The molecule has 0 aliphatic carbocycles. The maximum absolute atomic E-state index is 4.49. The van der Waals surface area contributed by atoms with E-state index in [0.717, 1.165) is 31.0 Å². The maximum atomic E-state index is 4.49. The molecule has 0 spiro atoms. The summed E-state index contributed by atoms with van der Waals surface area (Å²) in [6.07, 6.45) is 0. The van der Waals surface area contributed by atoms with Gasteiger partial charge in [0.15, 0.2) is 0 Å². The van der Waals surface area contributed by atoms with Crippen LogP contribution in [0.25, 0.3) is 0 Å². The highest BCUT2D eigenvalue weighted by Crippen LogP contribution is 2.01.